The molecule has 0 saturated heterocycles. The summed E-state index contributed by atoms with van der Waals surface area (Å²) in [4.78, 5) is 2.34. The van der Waals surface area contributed by atoms with Crippen molar-refractivity contribution in [2.24, 2.45) is 0 Å². The van der Waals surface area contributed by atoms with Gasteiger partial charge in [-0.25, -0.2) is 0 Å². The highest BCUT2D eigenvalue weighted by Gasteiger charge is 2.16. The van der Waals surface area contributed by atoms with E-state index in [1.165, 1.54) is 65.7 Å². The molecule has 9 aromatic rings. The number of rotatable bonds is 6. The molecular formula is C48H33N. The van der Waals surface area contributed by atoms with E-state index in [0.717, 1.165) is 17.1 Å². The van der Waals surface area contributed by atoms with Crippen LogP contribution >= 0.6 is 0 Å². The Bertz CT molecular complexity index is 2570. The second-order valence-electron chi connectivity index (χ2n) is 12.5. The minimum absolute atomic E-state index is 1.11. The summed E-state index contributed by atoms with van der Waals surface area (Å²) in [5, 5.41) is 7.67. The maximum Gasteiger partial charge on any atom is 0.0462 e. The molecule has 0 bridgehead atoms. The summed E-state index contributed by atoms with van der Waals surface area (Å²) in [5.74, 6) is 0. The molecule has 0 aromatic heterocycles. The van der Waals surface area contributed by atoms with Gasteiger partial charge in [0.15, 0.2) is 0 Å². The van der Waals surface area contributed by atoms with Gasteiger partial charge in [-0.1, -0.05) is 158 Å². The van der Waals surface area contributed by atoms with E-state index < -0.39 is 0 Å². The predicted octanol–water partition coefficient (Wildman–Crippen LogP) is 13.6. The number of hydrogen-bond acceptors (Lipinski definition) is 1. The van der Waals surface area contributed by atoms with Gasteiger partial charge in [0.25, 0.3) is 0 Å². The zero-order chi connectivity index (χ0) is 32.6. The molecule has 0 aliphatic carbocycles. The number of anilines is 3. The first-order valence-electron chi connectivity index (χ1n) is 16.9. The van der Waals surface area contributed by atoms with E-state index in [2.05, 4.69) is 205 Å². The van der Waals surface area contributed by atoms with E-state index in [1.54, 1.807) is 0 Å². The van der Waals surface area contributed by atoms with Gasteiger partial charge in [-0.15, -0.1) is 0 Å². The standard InChI is InChI=1S/C48H33N/c1-3-13-34(14-4-1)42-19-11-12-20-43(42)36-23-28-40(29-24-36)49(39-17-5-2-6-18-39)41-30-25-37(26-31-41)47-33-38-16-8-9-21-44(38)46-32-27-35-15-7-10-22-45(35)48(46)47/h1-33H. The van der Waals surface area contributed by atoms with Crippen LogP contribution in [-0.4, -0.2) is 0 Å². The summed E-state index contributed by atoms with van der Waals surface area (Å²) >= 11 is 0. The molecule has 0 unspecified atom stereocenters. The molecule has 0 aliphatic heterocycles. The Balaban J connectivity index is 1.14. The summed E-state index contributed by atoms with van der Waals surface area (Å²) in [6.07, 6.45) is 0. The predicted molar refractivity (Wildman–Crippen MR) is 210 cm³/mol. The highest BCUT2D eigenvalue weighted by atomic mass is 15.1. The van der Waals surface area contributed by atoms with Crippen LogP contribution in [0.25, 0.3) is 65.7 Å². The lowest BCUT2D eigenvalue weighted by molar-refractivity contribution is 1.28. The summed E-state index contributed by atoms with van der Waals surface area (Å²) in [5.41, 5.74) is 10.7. The fourth-order valence-electron chi connectivity index (χ4n) is 7.32. The molecular weight excluding hydrogens is 591 g/mol. The molecule has 9 rings (SSSR count). The van der Waals surface area contributed by atoms with Crippen molar-refractivity contribution < 1.29 is 0 Å². The van der Waals surface area contributed by atoms with Crippen LogP contribution in [0.15, 0.2) is 200 Å². The van der Waals surface area contributed by atoms with E-state index in [-0.39, 0.29) is 0 Å². The van der Waals surface area contributed by atoms with Crippen LogP contribution in [0.2, 0.25) is 0 Å². The Morgan fingerprint density at radius 2 is 0.735 bits per heavy atom. The van der Waals surface area contributed by atoms with Gasteiger partial charge in [0.05, 0.1) is 0 Å². The molecule has 1 heteroatoms. The molecule has 0 N–H and O–H groups in total. The van der Waals surface area contributed by atoms with Crippen molar-refractivity contribution in [3.8, 4) is 33.4 Å². The average molecular weight is 624 g/mol. The number of benzene rings is 9. The van der Waals surface area contributed by atoms with Crippen LogP contribution in [0.3, 0.4) is 0 Å². The SMILES string of the molecule is c1ccc(-c2ccccc2-c2ccc(N(c3ccccc3)c3ccc(-c4cc5ccccc5c5ccc6ccccc6c45)cc3)cc2)cc1. The van der Waals surface area contributed by atoms with Gasteiger partial charge in [-0.05, 0) is 108 Å². The maximum absolute atomic E-state index is 2.36. The first-order valence-corrected chi connectivity index (χ1v) is 16.9. The van der Waals surface area contributed by atoms with Gasteiger partial charge < -0.3 is 4.90 Å². The number of para-hydroxylation sites is 1. The third-order valence-electron chi connectivity index (χ3n) is 9.65. The molecule has 0 spiro atoms. The molecule has 0 atom stereocenters. The molecule has 0 amide bonds. The maximum atomic E-state index is 2.36. The van der Waals surface area contributed by atoms with Gasteiger partial charge in [0.2, 0.25) is 0 Å². The summed E-state index contributed by atoms with van der Waals surface area (Å²) in [7, 11) is 0. The Morgan fingerprint density at radius 1 is 0.265 bits per heavy atom. The van der Waals surface area contributed by atoms with Crippen molar-refractivity contribution >= 4 is 49.4 Å². The van der Waals surface area contributed by atoms with Crippen LogP contribution in [0, 0.1) is 0 Å². The van der Waals surface area contributed by atoms with E-state index in [4.69, 9.17) is 0 Å². The largest absolute Gasteiger partial charge is 0.311 e. The second kappa shape index (κ2) is 12.3. The number of fused-ring (bicyclic) bond motifs is 5. The number of hydrogen-bond donors (Lipinski definition) is 0. The highest BCUT2D eigenvalue weighted by Crippen LogP contribution is 2.42. The van der Waals surface area contributed by atoms with Crippen molar-refractivity contribution in [3.05, 3.63) is 200 Å². The van der Waals surface area contributed by atoms with E-state index in [1.807, 2.05) is 0 Å². The fourth-order valence-corrected chi connectivity index (χ4v) is 7.32. The van der Waals surface area contributed by atoms with Crippen LogP contribution in [-0.2, 0) is 0 Å². The van der Waals surface area contributed by atoms with Gasteiger partial charge in [-0.3, -0.25) is 0 Å². The van der Waals surface area contributed by atoms with Crippen molar-refractivity contribution in [1.29, 1.82) is 0 Å². The Labute approximate surface area is 287 Å². The number of nitrogens with zero attached hydrogens (tertiary/aromatic N) is 1. The molecule has 0 fully saturated rings. The normalized spacial score (nSPS) is 11.3. The van der Waals surface area contributed by atoms with E-state index in [0.29, 0.717) is 0 Å². The summed E-state index contributed by atoms with van der Waals surface area (Å²) in [6, 6.07) is 72.3. The van der Waals surface area contributed by atoms with Gasteiger partial charge >= 0.3 is 0 Å². The van der Waals surface area contributed by atoms with Gasteiger partial charge in [0.1, 0.15) is 0 Å². The van der Waals surface area contributed by atoms with Crippen LogP contribution in [0.1, 0.15) is 0 Å². The molecule has 9 aromatic carbocycles. The summed E-state index contributed by atoms with van der Waals surface area (Å²) < 4.78 is 0. The average Bonchev–Trinajstić information content (AvgIpc) is 3.19. The lowest BCUT2D eigenvalue weighted by Crippen LogP contribution is -2.09. The van der Waals surface area contributed by atoms with Crippen molar-refractivity contribution in [3.63, 3.8) is 0 Å². The first-order chi connectivity index (χ1) is 24.3. The van der Waals surface area contributed by atoms with Gasteiger partial charge in [0, 0.05) is 17.1 Å². The third-order valence-corrected chi connectivity index (χ3v) is 9.65. The van der Waals surface area contributed by atoms with Crippen molar-refractivity contribution in [2.45, 2.75) is 0 Å². The first kappa shape index (κ1) is 28.8. The third kappa shape index (κ3) is 5.23. The van der Waals surface area contributed by atoms with E-state index >= 15 is 0 Å². The lowest BCUT2D eigenvalue weighted by atomic mass is 9.90. The smallest absolute Gasteiger partial charge is 0.0462 e. The minimum Gasteiger partial charge on any atom is -0.311 e. The molecule has 0 radical (unpaired) electrons. The van der Waals surface area contributed by atoms with E-state index in [9.17, 15) is 0 Å². The van der Waals surface area contributed by atoms with Crippen LogP contribution < -0.4 is 4.90 Å². The van der Waals surface area contributed by atoms with Crippen LogP contribution in [0.4, 0.5) is 17.1 Å². The molecule has 230 valence electrons. The molecule has 0 aliphatic rings. The molecule has 49 heavy (non-hydrogen) atoms. The van der Waals surface area contributed by atoms with Crippen molar-refractivity contribution in [1.82, 2.24) is 0 Å². The fraction of sp³-hybridized carbons (Fsp3) is 0. The Kier molecular flexibility index (Phi) is 7.22. The second-order valence-corrected chi connectivity index (χ2v) is 12.5. The van der Waals surface area contributed by atoms with Crippen molar-refractivity contribution in [2.75, 3.05) is 4.90 Å². The quantitative estimate of drug-likeness (QED) is 0.167. The minimum atomic E-state index is 1.11. The van der Waals surface area contributed by atoms with Crippen LogP contribution in [0.5, 0.6) is 0 Å². The Morgan fingerprint density at radius 3 is 1.39 bits per heavy atom. The zero-order valence-corrected chi connectivity index (χ0v) is 27.0. The highest BCUT2D eigenvalue weighted by molar-refractivity contribution is 6.23. The van der Waals surface area contributed by atoms with Gasteiger partial charge in [-0.2, -0.15) is 0 Å². The molecule has 0 saturated carbocycles. The molecule has 0 heterocycles. The summed E-state index contributed by atoms with van der Waals surface area (Å²) in [6.45, 7) is 0. The molecule has 1 nitrogen and oxygen atoms in total. The lowest BCUT2D eigenvalue weighted by Gasteiger charge is -2.26. The monoisotopic (exact) mass is 623 g/mol. The Hall–Kier alpha value is -6.44. The topological polar surface area (TPSA) is 3.24 Å². The zero-order valence-electron chi connectivity index (χ0n) is 27.0.